The highest BCUT2D eigenvalue weighted by molar-refractivity contribution is 5.69. The van der Waals surface area contributed by atoms with Crippen LogP contribution in [-0.2, 0) is 16.1 Å². The number of aromatic nitrogens is 1. The van der Waals surface area contributed by atoms with Crippen LogP contribution in [0.3, 0.4) is 0 Å². The number of hydrogen-bond donors (Lipinski definition) is 0. The molecule has 0 saturated carbocycles. The SMILES string of the molecule is Cc1ccn(CC(=O)OC(C)(C)C)c(=O)c1. The monoisotopic (exact) mass is 223 g/mol. The molecule has 0 bridgehead atoms. The second-order valence-electron chi connectivity index (χ2n) is 4.76. The van der Waals surface area contributed by atoms with Crippen LogP contribution in [0.15, 0.2) is 23.1 Å². The molecular formula is C12H17NO3. The molecule has 0 N–H and O–H groups in total. The molecule has 1 heterocycles. The van der Waals surface area contributed by atoms with Gasteiger partial charge in [-0.25, -0.2) is 0 Å². The Hall–Kier alpha value is -1.58. The molecule has 1 rings (SSSR count). The van der Waals surface area contributed by atoms with E-state index in [4.69, 9.17) is 4.74 Å². The number of esters is 1. The zero-order chi connectivity index (χ0) is 12.3. The average Bonchev–Trinajstić information content (AvgIpc) is 2.06. The minimum atomic E-state index is -0.522. The van der Waals surface area contributed by atoms with Crippen molar-refractivity contribution in [2.45, 2.75) is 39.8 Å². The van der Waals surface area contributed by atoms with Crippen molar-refractivity contribution in [1.82, 2.24) is 4.57 Å². The zero-order valence-corrected chi connectivity index (χ0v) is 10.1. The molecule has 88 valence electrons. The first kappa shape index (κ1) is 12.5. The summed E-state index contributed by atoms with van der Waals surface area (Å²) in [6.07, 6.45) is 1.60. The molecule has 0 unspecified atom stereocenters. The second-order valence-corrected chi connectivity index (χ2v) is 4.76. The molecule has 16 heavy (non-hydrogen) atoms. The van der Waals surface area contributed by atoms with Gasteiger partial charge in [0.25, 0.3) is 5.56 Å². The van der Waals surface area contributed by atoms with E-state index in [0.717, 1.165) is 5.56 Å². The van der Waals surface area contributed by atoms with Crippen molar-refractivity contribution in [3.63, 3.8) is 0 Å². The predicted octanol–water partition coefficient (Wildman–Crippen LogP) is 1.50. The maximum absolute atomic E-state index is 11.5. The normalized spacial score (nSPS) is 11.2. The Kier molecular flexibility index (Phi) is 3.52. The molecule has 1 aromatic heterocycles. The van der Waals surface area contributed by atoms with Crippen LogP contribution in [0, 0.1) is 6.92 Å². The maximum Gasteiger partial charge on any atom is 0.326 e. The molecule has 1 aromatic rings. The third-order valence-electron chi connectivity index (χ3n) is 1.87. The number of aryl methyl sites for hydroxylation is 1. The predicted molar refractivity (Wildman–Crippen MR) is 61.3 cm³/mol. The Labute approximate surface area is 94.9 Å². The van der Waals surface area contributed by atoms with E-state index in [9.17, 15) is 9.59 Å². The third-order valence-corrected chi connectivity index (χ3v) is 1.87. The summed E-state index contributed by atoms with van der Waals surface area (Å²) in [6, 6.07) is 3.27. The highest BCUT2D eigenvalue weighted by atomic mass is 16.6. The summed E-state index contributed by atoms with van der Waals surface area (Å²) in [5.41, 5.74) is 0.169. The van der Waals surface area contributed by atoms with Gasteiger partial charge in [-0.15, -0.1) is 0 Å². The maximum atomic E-state index is 11.5. The summed E-state index contributed by atoms with van der Waals surface area (Å²) in [5.74, 6) is -0.404. The first-order chi connectivity index (χ1) is 7.28. The molecule has 0 aromatic carbocycles. The van der Waals surface area contributed by atoms with Crippen molar-refractivity contribution in [1.29, 1.82) is 0 Å². The number of ether oxygens (including phenoxy) is 1. The van der Waals surface area contributed by atoms with Gasteiger partial charge < -0.3 is 9.30 Å². The summed E-state index contributed by atoms with van der Waals surface area (Å²) >= 11 is 0. The second kappa shape index (κ2) is 4.51. The minimum absolute atomic E-state index is 0.0453. The molecule has 4 heteroatoms. The first-order valence-electron chi connectivity index (χ1n) is 5.17. The molecule has 0 fully saturated rings. The summed E-state index contributed by atoms with van der Waals surface area (Å²) in [5, 5.41) is 0. The van der Waals surface area contributed by atoms with Crippen molar-refractivity contribution in [2.75, 3.05) is 0 Å². The Morgan fingerprint density at radius 1 is 1.44 bits per heavy atom. The van der Waals surface area contributed by atoms with Gasteiger partial charge in [0, 0.05) is 12.3 Å². The Morgan fingerprint density at radius 3 is 2.56 bits per heavy atom. The molecule has 0 amide bonds. The standard InChI is InChI=1S/C12H17NO3/c1-9-5-6-13(10(14)7-9)8-11(15)16-12(2,3)4/h5-7H,8H2,1-4H3. The highest BCUT2D eigenvalue weighted by Gasteiger charge is 2.16. The molecule has 0 aliphatic heterocycles. The Bertz CT molecular complexity index is 440. The molecule has 4 nitrogen and oxygen atoms in total. The van der Waals surface area contributed by atoms with Gasteiger partial charge in [0.15, 0.2) is 0 Å². The highest BCUT2D eigenvalue weighted by Crippen LogP contribution is 2.07. The number of pyridine rings is 1. The van der Waals surface area contributed by atoms with E-state index >= 15 is 0 Å². The average molecular weight is 223 g/mol. The summed E-state index contributed by atoms with van der Waals surface area (Å²) in [7, 11) is 0. The molecule has 0 aliphatic carbocycles. The van der Waals surface area contributed by atoms with Crippen molar-refractivity contribution < 1.29 is 9.53 Å². The van der Waals surface area contributed by atoms with Gasteiger partial charge in [0.1, 0.15) is 12.1 Å². The van der Waals surface area contributed by atoms with Gasteiger partial charge in [-0.1, -0.05) is 0 Å². The fraction of sp³-hybridized carbons (Fsp3) is 0.500. The van der Waals surface area contributed by atoms with Crippen LogP contribution in [0.25, 0.3) is 0 Å². The molecule has 0 atom stereocenters. The van der Waals surface area contributed by atoms with Crippen LogP contribution in [0.4, 0.5) is 0 Å². The minimum Gasteiger partial charge on any atom is -0.459 e. The van der Waals surface area contributed by atoms with Gasteiger partial charge in [-0.05, 0) is 39.3 Å². The number of nitrogens with zero attached hydrogens (tertiary/aromatic N) is 1. The Balaban J connectivity index is 2.74. The van der Waals surface area contributed by atoms with Crippen LogP contribution in [-0.4, -0.2) is 16.1 Å². The van der Waals surface area contributed by atoms with Crippen LogP contribution in [0.1, 0.15) is 26.3 Å². The van der Waals surface area contributed by atoms with E-state index in [1.54, 1.807) is 33.0 Å². The molecule has 0 saturated heterocycles. The molecule has 0 aliphatic rings. The van der Waals surface area contributed by atoms with E-state index in [2.05, 4.69) is 0 Å². The van der Waals surface area contributed by atoms with Crippen LogP contribution in [0.5, 0.6) is 0 Å². The van der Waals surface area contributed by atoms with Crippen LogP contribution < -0.4 is 5.56 Å². The topological polar surface area (TPSA) is 48.3 Å². The molecule has 0 spiro atoms. The van der Waals surface area contributed by atoms with Crippen molar-refractivity contribution >= 4 is 5.97 Å². The number of rotatable bonds is 2. The summed E-state index contributed by atoms with van der Waals surface area (Å²) in [6.45, 7) is 7.17. The van der Waals surface area contributed by atoms with E-state index in [1.807, 2.05) is 6.92 Å². The largest absolute Gasteiger partial charge is 0.459 e. The lowest BCUT2D eigenvalue weighted by molar-refractivity contribution is -0.155. The lowest BCUT2D eigenvalue weighted by Crippen LogP contribution is -2.30. The van der Waals surface area contributed by atoms with Crippen molar-refractivity contribution in [3.8, 4) is 0 Å². The van der Waals surface area contributed by atoms with Gasteiger partial charge >= 0.3 is 5.97 Å². The van der Waals surface area contributed by atoms with Crippen LogP contribution in [0.2, 0.25) is 0 Å². The zero-order valence-electron chi connectivity index (χ0n) is 10.1. The van der Waals surface area contributed by atoms with E-state index in [-0.39, 0.29) is 12.1 Å². The lowest BCUT2D eigenvalue weighted by atomic mass is 10.2. The molecular weight excluding hydrogens is 206 g/mol. The van der Waals surface area contributed by atoms with Crippen molar-refractivity contribution in [2.24, 2.45) is 0 Å². The number of hydrogen-bond acceptors (Lipinski definition) is 3. The first-order valence-corrected chi connectivity index (χ1v) is 5.17. The number of carbonyl (C=O) groups is 1. The van der Waals surface area contributed by atoms with E-state index in [0.29, 0.717) is 0 Å². The Morgan fingerprint density at radius 2 is 2.06 bits per heavy atom. The summed E-state index contributed by atoms with van der Waals surface area (Å²) < 4.78 is 6.46. The van der Waals surface area contributed by atoms with Gasteiger partial charge in [0.05, 0.1) is 0 Å². The smallest absolute Gasteiger partial charge is 0.326 e. The van der Waals surface area contributed by atoms with Gasteiger partial charge in [-0.2, -0.15) is 0 Å². The third kappa shape index (κ3) is 3.88. The van der Waals surface area contributed by atoms with E-state index in [1.165, 1.54) is 10.6 Å². The fourth-order valence-corrected chi connectivity index (χ4v) is 1.25. The quantitative estimate of drug-likeness (QED) is 0.714. The van der Waals surface area contributed by atoms with Crippen molar-refractivity contribution in [3.05, 3.63) is 34.2 Å². The van der Waals surface area contributed by atoms with Crippen LogP contribution >= 0.6 is 0 Å². The molecule has 0 radical (unpaired) electrons. The lowest BCUT2D eigenvalue weighted by Gasteiger charge is -2.19. The number of carbonyl (C=O) groups excluding carboxylic acids is 1. The van der Waals surface area contributed by atoms with Gasteiger partial charge in [-0.3, -0.25) is 9.59 Å². The van der Waals surface area contributed by atoms with E-state index < -0.39 is 11.6 Å². The summed E-state index contributed by atoms with van der Waals surface area (Å²) in [4.78, 5) is 23.0. The fourth-order valence-electron chi connectivity index (χ4n) is 1.25. The van der Waals surface area contributed by atoms with Gasteiger partial charge in [0.2, 0.25) is 0 Å².